The van der Waals surface area contributed by atoms with Crippen LogP contribution < -0.4 is 8.85 Å². The fraction of sp³-hybridized carbons (Fsp3) is 0.667. The molecule has 0 saturated carbocycles. The van der Waals surface area contributed by atoms with Crippen LogP contribution in [0.4, 0.5) is 0 Å². The maximum atomic E-state index is 12.2. The highest BCUT2D eigenvalue weighted by Crippen LogP contribution is 2.41. The van der Waals surface area contributed by atoms with Crippen LogP contribution in [0.25, 0.3) is 0 Å². The minimum atomic E-state index is -2.17. The van der Waals surface area contributed by atoms with Gasteiger partial charge in [-0.3, -0.25) is 4.79 Å². The second kappa shape index (κ2) is 14.4. The van der Waals surface area contributed by atoms with Gasteiger partial charge in [0.2, 0.25) is 16.6 Å². The maximum Gasteiger partial charge on any atom is 0.309 e. The smallest absolute Gasteiger partial charge is 0.309 e. The van der Waals surface area contributed by atoms with E-state index < -0.39 is 34.6 Å². The van der Waals surface area contributed by atoms with Gasteiger partial charge in [-0.05, 0) is 106 Å². The number of carboxylic acid groups (broad SMARTS) is 1. The average Bonchev–Trinajstić information content (AvgIpc) is 2.76. The number of aliphatic hydroxyl groups is 1. The summed E-state index contributed by atoms with van der Waals surface area (Å²) in [6, 6.07) is 5.86. The topological polar surface area (TPSA) is 76.0 Å². The Kier molecular flexibility index (Phi) is 13.0. The lowest BCUT2D eigenvalue weighted by Gasteiger charge is -2.38. The van der Waals surface area contributed by atoms with E-state index >= 15 is 0 Å². The summed E-state index contributed by atoms with van der Waals surface area (Å²) in [7, 11) is -4.25. The number of rotatable bonds is 14. The fourth-order valence-electron chi connectivity index (χ4n) is 3.80. The van der Waals surface area contributed by atoms with E-state index in [2.05, 4.69) is 101 Å². The molecule has 0 fully saturated rings. The molecule has 1 rings (SSSR count). The van der Waals surface area contributed by atoms with E-state index in [9.17, 15) is 15.0 Å². The highest BCUT2D eigenvalue weighted by Gasteiger charge is 2.41. The van der Waals surface area contributed by atoms with Crippen LogP contribution in [0.5, 0.6) is 11.5 Å². The zero-order chi connectivity index (χ0) is 31.1. The van der Waals surface area contributed by atoms with E-state index in [0.29, 0.717) is 18.6 Å². The van der Waals surface area contributed by atoms with Gasteiger partial charge in [-0.25, -0.2) is 0 Å². The van der Waals surface area contributed by atoms with E-state index in [1.54, 1.807) is 0 Å². The number of carboxylic acids is 1. The van der Waals surface area contributed by atoms with Crippen LogP contribution in [0.2, 0.25) is 36.3 Å². The molecule has 5 nitrogen and oxygen atoms in total. The van der Waals surface area contributed by atoms with Crippen molar-refractivity contribution in [2.45, 2.75) is 137 Å². The second-order valence-corrected chi connectivity index (χ2v) is 24.1. The van der Waals surface area contributed by atoms with Crippen molar-refractivity contribution in [3.8, 4) is 11.5 Å². The van der Waals surface area contributed by atoms with Gasteiger partial charge in [0.15, 0.2) is 0 Å². The van der Waals surface area contributed by atoms with Crippen LogP contribution in [0, 0.1) is 5.92 Å². The van der Waals surface area contributed by atoms with E-state index in [-0.39, 0.29) is 16.5 Å². The Morgan fingerprint density at radius 2 is 1.45 bits per heavy atom. The van der Waals surface area contributed by atoms with Gasteiger partial charge in [0.25, 0.3) is 0 Å². The highest BCUT2D eigenvalue weighted by molar-refractivity contribution is 6.75. The van der Waals surface area contributed by atoms with Gasteiger partial charge in [-0.1, -0.05) is 64.8 Å². The second-order valence-electron chi connectivity index (χ2n) is 14.7. The molecule has 0 amide bonds. The Labute approximate surface area is 247 Å². The number of benzene rings is 1. The van der Waals surface area contributed by atoms with Crippen molar-refractivity contribution in [3.05, 3.63) is 47.1 Å². The number of aliphatic hydroxyl groups excluding tert-OH is 1. The normalized spacial score (nSPS) is 14.9. The Balaban J connectivity index is 3.26. The van der Waals surface area contributed by atoms with Crippen LogP contribution in [-0.4, -0.2) is 38.9 Å². The van der Waals surface area contributed by atoms with E-state index in [1.165, 1.54) is 11.1 Å². The van der Waals surface area contributed by atoms with Crippen molar-refractivity contribution >= 4 is 22.6 Å². The molecule has 0 spiro atoms. The number of aliphatic carboxylic acids is 1. The van der Waals surface area contributed by atoms with Crippen LogP contribution in [0.1, 0.15) is 93.6 Å². The minimum absolute atomic E-state index is 0.00138. The van der Waals surface area contributed by atoms with Gasteiger partial charge >= 0.3 is 5.97 Å². The summed E-state index contributed by atoms with van der Waals surface area (Å²) < 4.78 is 13.3. The predicted octanol–water partition coefficient (Wildman–Crippen LogP) is 9.53. The van der Waals surface area contributed by atoms with Crippen LogP contribution in [-0.2, 0) is 11.2 Å². The first-order valence-corrected chi connectivity index (χ1v) is 20.6. The van der Waals surface area contributed by atoms with Gasteiger partial charge in [0.05, 0.1) is 12.0 Å². The molecule has 0 aromatic heterocycles. The number of hydrogen-bond donors (Lipinski definition) is 2. The Morgan fingerprint density at radius 1 is 0.900 bits per heavy atom. The van der Waals surface area contributed by atoms with Crippen molar-refractivity contribution in [2.75, 3.05) is 0 Å². The molecule has 228 valence electrons. The molecule has 0 saturated heterocycles. The summed E-state index contributed by atoms with van der Waals surface area (Å²) >= 11 is 0. The molecule has 2 atom stereocenters. The number of carbonyl (C=O) groups is 1. The van der Waals surface area contributed by atoms with Gasteiger partial charge < -0.3 is 19.1 Å². The lowest BCUT2D eigenvalue weighted by molar-refractivity contribution is -0.146. The molecule has 1 aromatic rings. The molecule has 0 radical (unpaired) electrons. The van der Waals surface area contributed by atoms with Crippen LogP contribution in [0.3, 0.4) is 0 Å². The van der Waals surface area contributed by atoms with Gasteiger partial charge in [0.1, 0.15) is 11.5 Å². The maximum absolute atomic E-state index is 12.2. The lowest BCUT2D eigenvalue weighted by Crippen LogP contribution is -2.44. The molecule has 0 aliphatic heterocycles. The fourth-order valence-corrected chi connectivity index (χ4v) is 5.88. The van der Waals surface area contributed by atoms with Crippen molar-refractivity contribution in [1.82, 2.24) is 0 Å². The predicted molar refractivity (Wildman–Crippen MR) is 175 cm³/mol. The van der Waals surface area contributed by atoms with Crippen molar-refractivity contribution in [3.63, 3.8) is 0 Å². The molecule has 0 bridgehead atoms. The summed E-state index contributed by atoms with van der Waals surface area (Å²) in [4.78, 5) is 12.2. The zero-order valence-electron chi connectivity index (χ0n) is 27.7. The largest absolute Gasteiger partial charge is 0.543 e. The Bertz CT molecular complexity index is 1040. The third-order valence-corrected chi connectivity index (χ3v) is 17.4. The first-order valence-electron chi connectivity index (χ1n) is 14.8. The Morgan fingerprint density at radius 3 is 1.95 bits per heavy atom. The van der Waals surface area contributed by atoms with Crippen molar-refractivity contribution in [2.24, 2.45) is 5.92 Å². The summed E-state index contributed by atoms with van der Waals surface area (Å²) in [5, 5.41) is 21.3. The van der Waals surface area contributed by atoms with E-state index in [0.717, 1.165) is 24.2 Å². The third-order valence-electron chi connectivity index (χ3n) is 8.65. The van der Waals surface area contributed by atoms with Crippen LogP contribution >= 0.6 is 0 Å². The first kappa shape index (κ1) is 36.2. The molecule has 0 aliphatic carbocycles. The molecule has 0 heterocycles. The van der Waals surface area contributed by atoms with E-state index in [4.69, 9.17) is 8.85 Å². The summed E-state index contributed by atoms with van der Waals surface area (Å²) in [6.45, 7) is 28.3. The standard InChI is InChI=1S/C33H58O5Si2/c1-24(2)16-14-17-25(3)18-15-19-28(31(35)36)29(34)23-26-22-27(37-39(10,11)32(4,5)6)20-21-30(26)38-40(12,13)33(7,8)9/h16,18,20-22,28-29,34H,14-15,17,19,23H2,1-13H3,(H,35,36)/b25-18+. The van der Waals surface area contributed by atoms with Crippen LogP contribution in [0.15, 0.2) is 41.5 Å². The zero-order valence-corrected chi connectivity index (χ0v) is 29.7. The van der Waals surface area contributed by atoms with E-state index in [1.807, 2.05) is 18.2 Å². The molecular formula is C33H58O5Si2. The molecular weight excluding hydrogens is 533 g/mol. The highest BCUT2D eigenvalue weighted by atomic mass is 28.4. The number of hydrogen-bond acceptors (Lipinski definition) is 4. The SMILES string of the molecule is CC(C)=CCC/C(C)=C/CCC(C(=O)O)C(O)Cc1cc(O[Si](C)(C)C(C)(C)C)ccc1O[Si](C)(C)C(C)(C)C. The molecule has 2 unspecified atom stereocenters. The van der Waals surface area contributed by atoms with Gasteiger partial charge in [0, 0.05) is 6.42 Å². The average molecular weight is 591 g/mol. The minimum Gasteiger partial charge on any atom is -0.543 e. The quantitative estimate of drug-likeness (QED) is 0.167. The molecule has 2 N–H and O–H groups in total. The molecule has 40 heavy (non-hydrogen) atoms. The monoisotopic (exact) mass is 590 g/mol. The lowest BCUT2D eigenvalue weighted by atomic mass is 9.91. The van der Waals surface area contributed by atoms with Crippen molar-refractivity contribution in [1.29, 1.82) is 0 Å². The summed E-state index contributed by atoms with van der Waals surface area (Å²) in [5.74, 6) is -0.373. The first-order chi connectivity index (χ1) is 18.1. The molecule has 7 heteroatoms. The summed E-state index contributed by atoms with van der Waals surface area (Å²) in [6.07, 6.45) is 6.43. The van der Waals surface area contributed by atoms with Crippen molar-refractivity contribution < 1.29 is 23.9 Å². The van der Waals surface area contributed by atoms with Gasteiger partial charge in [-0.2, -0.15) is 0 Å². The van der Waals surface area contributed by atoms with Gasteiger partial charge in [-0.15, -0.1) is 0 Å². The molecule has 1 aromatic carbocycles. The summed E-state index contributed by atoms with van der Waals surface area (Å²) in [5.41, 5.74) is 3.35. The Hall–Kier alpha value is -1.84. The third kappa shape index (κ3) is 11.2. The number of allylic oxidation sites excluding steroid dienone is 4. The molecule has 0 aliphatic rings.